The molecule has 4 nitrogen and oxygen atoms in total. The van der Waals surface area contributed by atoms with Gasteiger partial charge in [-0.25, -0.2) is 0 Å². The number of nitrogens with two attached hydrogens (primary N) is 1. The predicted molar refractivity (Wildman–Crippen MR) is 40.2 cm³/mol. The van der Waals surface area contributed by atoms with Crippen LogP contribution in [0.2, 0.25) is 0 Å². The molecule has 0 aromatic heterocycles. The van der Waals surface area contributed by atoms with Gasteiger partial charge in [0.25, 0.3) is 0 Å². The van der Waals surface area contributed by atoms with Gasteiger partial charge < -0.3 is 20.3 Å². The minimum Gasteiger partial charge on any atom is -0.389 e. The van der Waals surface area contributed by atoms with E-state index in [0.717, 1.165) is 0 Å². The average molecular weight is 161 g/mol. The smallest absolute Gasteiger partial charge is 0.109 e. The molecule has 1 rings (SSSR count). The summed E-state index contributed by atoms with van der Waals surface area (Å²) in [5, 5.41) is 9.43. The van der Waals surface area contributed by atoms with Gasteiger partial charge in [0.1, 0.15) is 6.10 Å². The van der Waals surface area contributed by atoms with Gasteiger partial charge in [-0.1, -0.05) is 0 Å². The van der Waals surface area contributed by atoms with Gasteiger partial charge in [0.2, 0.25) is 0 Å². The lowest BCUT2D eigenvalue weighted by atomic mass is 10.1. The van der Waals surface area contributed by atoms with Crippen LogP contribution in [-0.2, 0) is 9.47 Å². The van der Waals surface area contributed by atoms with Crippen molar-refractivity contribution in [1.29, 1.82) is 0 Å². The molecule has 1 saturated heterocycles. The van der Waals surface area contributed by atoms with Crippen LogP contribution in [0.4, 0.5) is 0 Å². The zero-order chi connectivity index (χ0) is 8.43. The third-order valence-corrected chi connectivity index (χ3v) is 2.04. The van der Waals surface area contributed by atoms with E-state index in [1.165, 1.54) is 0 Å². The van der Waals surface area contributed by atoms with Crippen molar-refractivity contribution in [3.05, 3.63) is 0 Å². The maximum absolute atomic E-state index is 9.43. The van der Waals surface area contributed by atoms with Crippen molar-refractivity contribution < 1.29 is 14.6 Å². The summed E-state index contributed by atoms with van der Waals surface area (Å²) < 4.78 is 10.2. The first kappa shape index (κ1) is 8.93. The molecule has 0 amide bonds. The van der Waals surface area contributed by atoms with Crippen molar-refractivity contribution in [2.24, 2.45) is 5.73 Å². The van der Waals surface area contributed by atoms with Crippen molar-refractivity contribution in [3.63, 3.8) is 0 Å². The topological polar surface area (TPSA) is 64.7 Å². The molecule has 11 heavy (non-hydrogen) atoms. The normalized spacial score (nSPS) is 44.7. The molecule has 0 bridgehead atoms. The second-order valence-electron chi connectivity index (χ2n) is 2.90. The summed E-state index contributed by atoms with van der Waals surface area (Å²) in [5.74, 6) is 0. The van der Waals surface area contributed by atoms with Crippen LogP contribution in [0.3, 0.4) is 0 Å². The Balaban J connectivity index is 2.45. The van der Waals surface area contributed by atoms with Crippen LogP contribution in [0.5, 0.6) is 0 Å². The molecule has 66 valence electrons. The molecular weight excluding hydrogens is 146 g/mol. The molecule has 2 unspecified atom stereocenters. The van der Waals surface area contributed by atoms with Crippen molar-refractivity contribution in [2.75, 3.05) is 13.7 Å². The van der Waals surface area contributed by atoms with Crippen molar-refractivity contribution in [2.45, 2.75) is 31.3 Å². The molecule has 1 aliphatic heterocycles. The molecule has 1 heterocycles. The van der Waals surface area contributed by atoms with Crippen molar-refractivity contribution >= 4 is 0 Å². The number of hydrogen-bond donors (Lipinski definition) is 2. The van der Waals surface area contributed by atoms with Gasteiger partial charge in [0.05, 0.1) is 24.9 Å². The minimum atomic E-state index is -0.593. The number of aliphatic hydroxyl groups is 1. The van der Waals surface area contributed by atoms with Crippen LogP contribution in [0.15, 0.2) is 0 Å². The van der Waals surface area contributed by atoms with Crippen LogP contribution < -0.4 is 5.73 Å². The quantitative estimate of drug-likeness (QED) is 0.551. The molecular formula is C7H15NO3. The van der Waals surface area contributed by atoms with E-state index in [1.54, 1.807) is 7.11 Å². The van der Waals surface area contributed by atoms with E-state index in [9.17, 15) is 5.11 Å². The second kappa shape index (κ2) is 3.49. The Morgan fingerprint density at radius 3 is 2.64 bits per heavy atom. The number of hydrogen-bond acceptors (Lipinski definition) is 4. The molecule has 0 saturated carbocycles. The zero-order valence-electron chi connectivity index (χ0n) is 6.86. The Morgan fingerprint density at radius 2 is 2.27 bits per heavy atom. The lowest BCUT2D eigenvalue weighted by Crippen LogP contribution is -2.40. The Bertz CT molecular complexity index is 131. The van der Waals surface area contributed by atoms with Gasteiger partial charge in [-0.2, -0.15) is 0 Å². The molecule has 0 aliphatic carbocycles. The lowest BCUT2D eigenvalue weighted by molar-refractivity contribution is -0.0288. The fourth-order valence-electron chi connectivity index (χ4n) is 1.27. The second-order valence-corrected chi connectivity index (χ2v) is 2.90. The summed E-state index contributed by atoms with van der Waals surface area (Å²) in [6.07, 6.45) is -0.930. The minimum absolute atomic E-state index is 0.0786. The average Bonchev–Trinajstić information content (AvgIpc) is 2.19. The molecule has 0 radical (unpaired) electrons. The molecule has 1 fully saturated rings. The van der Waals surface area contributed by atoms with E-state index in [0.29, 0.717) is 6.61 Å². The largest absolute Gasteiger partial charge is 0.389 e. The van der Waals surface area contributed by atoms with E-state index in [1.807, 2.05) is 6.92 Å². The van der Waals surface area contributed by atoms with Gasteiger partial charge in [-0.3, -0.25) is 0 Å². The number of ether oxygens (including phenoxy) is 2. The highest BCUT2D eigenvalue weighted by Crippen LogP contribution is 2.18. The van der Waals surface area contributed by atoms with E-state index in [2.05, 4.69) is 0 Å². The summed E-state index contributed by atoms with van der Waals surface area (Å²) in [5.41, 5.74) is 5.61. The summed E-state index contributed by atoms with van der Waals surface area (Å²) >= 11 is 0. The maximum Gasteiger partial charge on any atom is 0.109 e. The highest BCUT2D eigenvalue weighted by atomic mass is 16.6. The fraction of sp³-hybridized carbons (Fsp3) is 1.00. The molecule has 4 heteroatoms. The Morgan fingerprint density at radius 1 is 1.64 bits per heavy atom. The molecule has 0 aromatic carbocycles. The Kier molecular flexibility index (Phi) is 2.84. The lowest BCUT2D eigenvalue weighted by Gasteiger charge is -2.13. The number of methoxy groups -OCH3 is 1. The highest BCUT2D eigenvalue weighted by molar-refractivity contribution is 4.91. The van der Waals surface area contributed by atoms with Crippen LogP contribution in [0, 0.1) is 0 Å². The van der Waals surface area contributed by atoms with Crippen LogP contribution >= 0.6 is 0 Å². The highest BCUT2D eigenvalue weighted by Gasteiger charge is 2.38. The van der Waals surface area contributed by atoms with E-state index < -0.39 is 6.10 Å². The zero-order valence-corrected chi connectivity index (χ0v) is 6.86. The van der Waals surface area contributed by atoms with Gasteiger partial charge >= 0.3 is 0 Å². The van der Waals surface area contributed by atoms with Crippen molar-refractivity contribution in [3.8, 4) is 0 Å². The third-order valence-electron chi connectivity index (χ3n) is 2.04. The van der Waals surface area contributed by atoms with E-state index in [-0.39, 0.29) is 18.2 Å². The van der Waals surface area contributed by atoms with Gasteiger partial charge in [0, 0.05) is 7.11 Å². The first-order valence-electron chi connectivity index (χ1n) is 3.75. The monoisotopic (exact) mass is 161 g/mol. The number of rotatable bonds is 2. The SMILES string of the molecule is COC[C@H]1O[C@@H](C)C(N)C1O. The molecule has 1 aliphatic rings. The third kappa shape index (κ3) is 1.70. The standard InChI is InChI=1S/C7H15NO3/c1-4-6(8)7(9)5(11-4)3-10-2/h4-7,9H,3,8H2,1-2H3/t4-,5+,6?,7?/m0/s1. The molecule has 0 spiro atoms. The van der Waals surface area contributed by atoms with Crippen LogP contribution in [0.25, 0.3) is 0 Å². The van der Waals surface area contributed by atoms with Crippen LogP contribution in [-0.4, -0.2) is 43.2 Å². The van der Waals surface area contributed by atoms with E-state index >= 15 is 0 Å². The first-order valence-corrected chi connectivity index (χ1v) is 3.75. The van der Waals surface area contributed by atoms with Crippen molar-refractivity contribution in [1.82, 2.24) is 0 Å². The van der Waals surface area contributed by atoms with Gasteiger partial charge in [0.15, 0.2) is 0 Å². The van der Waals surface area contributed by atoms with E-state index in [4.69, 9.17) is 15.2 Å². The summed E-state index contributed by atoms with van der Waals surface area (Å²) in [6.45, 7) is 2.25. The Labute approximate surface area is 66.3 Å². The molecule has 4 atom stereocenters. The summed E-state index contributed by atoms with van der Waals surface area (Å²) in [7, 11) is 1.57. The molecule has 0 aromatic rings. The predicted octanol–water partition coefficient (Wildman–Crippen LogP) is -0.892. The Hall–Kier alpha value is -0.160. The number of aliphatic hydroxyl groups excluding tert-OH is 1. The summed E-state index contributed by atoms with van der Waals surface area (Å²) in [4.78, 5) is 0. The first-order chi connectivity index (χ1) is 5.16. The van der Waals surface area contributed by atoms with Gasteiger partial charge in [-0.15, -0.1) is 0 Å². The maximum atomic E-state index is 9.43. The molecule has 3 N–H and O–H groups in total. The summed E-state index contributed by atoms with van der Waals surface area (Å²) in [6, 6.07) is -0.282. The van der Waals surface area contributed by atoms with Crippen LogP contribution in [0.1, 0.15) is 6.92 Å². The van der Waals surface area contributed by atoms with Gasteiger partial charge in [-0.05, 0) is 6.92 Å². The fourth-order valence-corrected chi connectivity index (χ4v) is 1.27.